The fraction of sp³-hybridized carbons (Fsp3) is 0.235. The number of hydrogen-bond acceptors (Lipinski definition) is 4. The van der Waals surface area contributed by atoms with E-state index >= 15 is 0 Å². The van der Waals surface area contributed by atoms with Crippen molar-refractivity contribution in [1.29, 1.82) is 0 Å². The highest BCUT2D eigenvalue weighted by atomic mass is 35.5. The molecule has 2 aromatic rings. The lowest BCUT2D eigenvalue weighted by molar-refractivity contribution is 0.0994. The minimum absolute atomic E-state index is 0.0801. The zero-order chi connectivity index (χ0) is 15.5. The number of halogens is 1. The SMILES string of the molecule is C[C@H](Sc1ccc2c(c1)OCCO2)C(=O)c1ccc(Cl)cc1. The molecule has 3 nitrogen and oxygen atoms in total. The minimum Gasteiger partial charge on any atom is -0.486 e. The molecule has 0 amide bonds. The summed E-state index contributed by atoms with van der Waals surface area (Å²) < 4.78 is 11.1. The van der Waals surface area contributed by atoms with Crippen LogP contribution in [0.25, 0.3) is 0 Å². The van der Waals surface area contributed by atoms with Gasteiger partial charge in [-0.1, -0.05) is 11.6 Å². The molecular weight excluding hydrogens is 320 g/mol. The first-order valence-corrected chi connectivity index (χ1v) is 8.25. The summed E-state index contributed by atoms with van der Waals surface area (Å²) in [7, 11) is 0. The Hall–Kier alpha value is -1.65. The zero-order valence-corrected chi connectivity index (χ0v) is 13.6. The predicted octanol–water partition coefficient (Wildman–Crippen LogP) is 4.47. The lowest BCUT2D eigenvalue weighted by Crippen LogP contribution is -2.15. The Balaban J connectivity index is 1.72. The highest BCUT2D eigenvalue weighted by molar-refractivity contribution is 8.00. The summed E-state index contributed by atoms with van der Waals surface area (Å²) in [6.07, 6.45) is 0. The number of Topliss-reactive ketones (excluding diaryl/α,β-unsaturated/α-hetero) is 1. The lowest BCUT2D eigenvalue weighted by atomic mass is 10.1. The van der Waals surface area contributed by atoms with Crippen molar-refractivity contribution in [3.63, 3.8) is 0 Å². The molecule has 1 aliphatic rings. The summed E-state index contributed by atoms with van der Waals surface area (Å²) in [6.45, 7) is 3.03. The van der Waals surface area contributed by atoms with Crippen molar-refractivity contribution in [2.45, 2.75) is 17.1 Å². The molecule has 1 atom stereocenters. The highest BCUT2D eigenvalue weighted by Gasteiger charge is 2.18. The monoisotopic (exact) mass is 334 g/mol. The van der Waals surface area contributed by atoms with Gasteiger partial charge in [0.05, 0.1) is 5.25 Å². The molecule has 2 aromatic carbocycles. The normalized spacial score (nSPS) is 14.5. The van der Waals surface area contributed by atoms with Crippen molar-refractivity contribution in [1.82, 2.24) is 0 Å². The summed E-state index contributed by atoms with van der Waals surface area (Å²) in [6, 6.07) is 12.7. The van der Waals surface area contributed by atoms with E-state index in [1.165, 1.54) is 11.8 Å². The van der Waals surface area contributed by atoms with E-state index in [0.717, 1.165) is 16.4 Å². The van der Waals surface area contributed by atoms with Crippen LogP contribution in [0.3, 0.4) is 0 Å². The van der Waals surface area contributed by atoms with Crippen LogP contribution in [0.2, 0.25) is 5.02 Å². The molecule has 3 rings (SSSR count). The van der Waals surface area contributed by atoms with Crippen molar-refractivity contribution in [3.05, 3.63) is 53.1 Å². The molecule has 1 heterocycles. The Morgan fingerprint density at radius 2 is 1.77 bits per heavy atom. The van der Waals surface area contributed by atoms with Gasteiger partial charge in [0.25, 0.3) is 0 Å². The third kappa shape index (κ3) is 3.39. The number of rotatable bonds is 4. The van der Waals surface area contributed by atoms with Crippen LogP contribution < -0.4 is 9.47 Å². The molecule has 0 aliphatic carbocycles. The fourth-order valence-corrected chi connectivity index (χ4v) is 3.30. The van der Waals surface area contributed by atoms with Gasteiger partial charge >= 0.3 is 0 Å². The van der Waals surface area contributed by atoms with Gasteiger partial charge in [-0.2, -0.15) is 0 Å². The first-order chi connectivity index (χ1) is 10.6. The molecule has 0 saturated heterocycles. The van der Waals surface area contributed by atoms with Gasteiger partial charge in [-0.3, -0.25) is 4.79 Å². The van der Waals surface area contributed by atoms with Gasteiger partial charge in [-0.25, -0.2) is 0 Å². The van der Waals surface area contributed by atoms with Crippen LogP contribution in [0, 0.1) is 0 Å². The molecule has 0 fully saturated rings. The molecule has 22 heavy (non-hydrogen) atoms. The van der Waals surface area contributed by atoms with Crippen molar-refractivity contribution in [2.24, 2.45) is 0 Å². The number of carbonyl (C=O) groups is 1. The number of ketones is 1. The van der Waals surface area contributed by atoms with Gasteiger partial charge in [0.1, 0.15) is 13.2 Å². The summed E-state index contributed by atoms with van der Waals surface area (Å²) >= 11 is 7.36. The van der Waals surface area contributed by atoms with Crippen LogP contribution in [0.4, 0.5) is 0 Å². The number of hydrogen-bond donors (Lipinski definition) is 0. The van der Waals surface area contributed by atoms with Crippen LogP contribution in [-0.4, -0.2) is 24.2 Å². The van der Waals surface area contributed by atoms with E-state index in [9.17, 15) is 4.79 Å². The molecule has 0 radical (unpaired) electrons. The Bertz CT molecular complexity index is 685. The minimum atomic E-state index is -0.191. The van der Waals surface area contributed by atoms with Gasteiger partial charge in [0.2, 0.25) is 0 Å². The number of carbonyl (C=O) groups excluding carboxylic acids is 1. The summed E-state index contributed by atoms with van der Waals surface area (Å²) in [5, 5.41) is 0.437. The Kier molecular flexibility index (Phi) is 4.60. The van der Waals surface area contributed by atoms with E-state index in [4.69, 9.17) is 21.1 Å². The summed E-state index contributed by atoms with van der Waals surface area (Å²) in [5.41, 5.74) is 0.668. The van der Waals surface area contributed by atoms with Gasteiger partial charge in [0.15, 0.2) is 17.3 Å². The van der Waals surface area contributed by atoms with Crippen molar-refractivity contribution in [2.75, 3.05) is 13.2 Å². The quantitative estimate of drug-likeness (QED) is 0.610. The van der Waals surface area contributed by atoms with E-state index in [2.05, 4.69) is 0 Å². The van der Waals surface area contributed by atoms with E-state index in [-0.39, 0.29) is 11.0 Å². The molecule has 0 saturated carbocycles. The highest BCUT2D eigenvalue weighted by Crippen LogP contribution is 2.36. The molecule has 0 bridgehead atoms. The first kappa shape index (κ1) is 15.3. The second kappa shape index (κ2) is 6.63. The summed E-state index contributed by atoms with van der Waals surface area (Å²) in [4.78, 5) is 13.4. The molecule has 0 unspecified atom stereocenters. The zero-order valence-electron chi connectivity index (χ0n) is 12.0. The van der Waals surface area contributed by atoms with Crippen molar-refractivity contribution < 1.29 is 14.3 Å². The first-order valence-electron chi connectivity index (χ1n) is 6.99. The van der Waals surface area contributed by atoms with Crippen molar-refractivity contribution >= 4 is 29.1 Å². The molecule has 1 aliphatic heterocycles. The van der Waals surface area contributed by atoms with Gasteiger partial charge in [0, 0.05) is 15.5 Å². The van der Waals surface area contributed by atoms with Crippen LogP contribution in [0.15, 0.2) is 47.4 Å². The van der Waals surface area contributed by atoms with Crippen LogP contribution in [-0.2, 0) is 0 Å². The second-order valence-electron chi connectivity index (χ2n) is 4.94. The van der Waals surface area contributed by atoms with Crippen LogP contribution in [0.5, 0.6) is 11.5 Å². The standard InChI is InChI=1S/C17H15ClO3S/c1-11(17(19)12-2-4-13(18)5-3-12)22-14-6-7-15-16(10-14)21-9-8-20-15/h2-7,10-11H,8-9H2,1H3/t11-/m0/s1. The Labute approximate surface area is 138 Å². The van der Waals surface area contributed by atoms with Crippen molar-refractivity contribution in [3.8, 4) is 11.5 Å². The van der Waals surface area contributed by atoms with Gasteiger partial charge in [-0.05, 0) is 49.4 Å². The number of thioether (sulfide) groups is 1. The molecular formula is C17H15ClO3S. The van der Waals surface area contributed by atoms with E-state index in [0.29, 0.717) is 23.8 Å². The van der Waals surface area contributed by atoms with E-state index in [1.54, 1.807) is 24.3 Å². The van der Waals surface area contributed by atoms with Crippen LogP contribution >= 0.6 is 23.4 Å². The third-order valence-corrected chi connectivity index (χ3v) is 4.67. The average Bonchev–Trinajstić information content (AvgIpc) is 2.55. The molecule has 0 N–H and O–H groups in total. The predicted molar refractivity (Wildman–Crippen MR) is 88.5 cm³/mol. The van der Waals surface area contributed by atoms with Crippen LogP contribution in [0.1, 0.15) is 17.3 Å². The average molecular weight is 335 g/mol. The molecule has 5 heteroatoms. The number of fused-ring (bicyclic) bond motifs is 1. The Morgan fingerprint density at radius 3 is 2.50 bits per heavy atom. The second-order valence-corrected chi connectivity index (χ2v) is 6.79. The topological polar surface area (TPSA) is 35.5 Å². The fourth-order valence-electron chi connectivity index (χ4n) is 2.20. The Morgan fingerprint density at radius 1 is 1.09 bits per heavy atom. The van der Waals surface area contributed by atoms with Gasteiger partial charge < -0.3 is 9.47 Å². The molecule has 0 spiro atoms. The van der Waals surface area contributed by atoms with Gasteiger partial charge in [-0.15, -0.1) is 11.8 Å². The maximum atomic E-state index is 12.4. The number of benzene rings is 2. The largest absolute Gasteiger partial charge is 0.486 e. The van der Waals surface area contributed by atoms with E-state index < -0.39 is 0 Å². The number of ether oxygens (including phenoxy) is 2. The lowest BCUT2D eigenvalue weighted by Gasteiger charge is -2.19. The van der Waals surface area contributed by atoms with E-state index in [1.807, 2.05) is 25.1 Å². The molecule has 0 aromatic heterocycles. The third-order valence-electron chi connectivity index (χ3n) is 3.32. The molecule has 114 valence electrons. The summed E-state index contributed by atoms with van der Waals surface area (Å²) in [5.74, 6) is 1.58. The smallest absolute Gasteiger partial charge is 0.175 e. The maximum absolute atomic E-state index is 12.4. The maximum Gasteiger partial charge on any atom is 0.175 e.